The third-order valence-electron chi connectivity index (χ3n) is 3.66. The van der Waals surface area contributed by atoms with Crippen LogP contribution < -0.4 is 10.6 Å². The molecule has 2 heteroatoms. The van der Waals surface area contributed by atoms with Crippen molar-refractivity contribution in [1.82, 2.24) is 0 Å². The van der Waals surface area contributed by atoms with Gasteiger partial charge in [0.15, 0.2) is 0 Å². The van der Waals surface area contributed by atoms with Gasteiger partial charge in [-0.25, -0.2) is 0 Å². The average Bonchev–Trinajstić information content (AvgIpc) is 2.17. The molecule has 0 atom stereocenters. The van der Waals surface area contributed by atoms with Crippen molar-refractivity contribution in [2.45, 2.75) is 24.7 Å². The number of nitrogens with two attached hydrogens (primary N) is 1. The Morgan fingerprint density at radius 1 is 1.27 bits per heavy atom. The smallest absolute Gasteiger partial charge is 0.0399 e. The Balaban J connectivity index is 2.42. The molecular formula is C13H20N2. The van der Waals surface area contributed by atoms with E-state index in [0.717, 1.165) is 6.54 Å². The molecule has 2 N–H and O–H groups in total. The summed E-state index contributed by atoms with van der Waals surface area (Å²) < 4.78 is 0. The molecule has 82 valence electrons. The van der Waals surface area contributed by atoms with Gasteiger partial charge in [0.1, 0.15) is 0 Å². The quantitative estimate of drug-likeness (QED) is 0.817. The molecule has 2 rings (SSSR count). The molecule has 1 aromatic rings. The number of hydrogen-bond donors (Lipinski definition) is 1. The first-order valence-electron chi connectivity index (χ1n) is 5.66. The third-order valence-corrected chi connectivity index (χ3v) is 3.66. The highest BCUT2D eigenvalue weighted by atomic mass is 15.1. The summed E-state index contributed by atoms with van der Waals surface area (Å²) in [5.41, 5.74) is 8.97. The van der Waals surface area contributed by atoms with Crippen LogP contribution in [0.1, 0.15) is 24.8 Å². The summed E-state index contributed by atoms with van der Waals surface area (Å²) in [5, 5.41) is 0. The first kappa shape index (κ1) is 10.5. The van der Waals surface area contributed by atoms with Gasteiger partial charge >= 0.3 is 0 Å². The SMILES string of the molecule is CN(C)c1ccccc1C1(CN)CCC1. The molecule has 0 saturated heterocycles. The van der Waals surface area contributed by atoms with Crippen LogP contribution >= 0.6 is 0 Å². The largest absolute Gasteiger partial charge is 0.377 e. The fraction of sp³-hybridized carbons (Fsp3) is 0.538. The molecule has 15 heavy (non-hydrogen) atoms. The van der Waals surface area contributed by atoms with E-state index in [1.165, 1.54) is 30.5 Å². The summed E-state index contributed by atoms with van der Waals surface area (Å²) in [7, 11) is 4.20. The van der Waals surface area contributed by atoms with Crippen molar-refractivity contribution in [3.8, 4) is 0 Å². The Morgan fingerprint density at radius 3 is 2.40 bits per heavy atom. The molecule has 1 saturated carbocycles. The van der Waals surface area contributed by atoms with Crippen LogP contribution in [0, 0.1) is 0 Å². The van der Waals surface area contributed by atoms with Crippen LogP contribution in [0.4, 0.5) is 5.69 Å². The van der Waals surface area contributed by atoms with Crippen molar-refractivity contribution in [3.05, 3.63) is 29.8 Å². The number of benzene rings is 1. The van der Waals surface area contributed by atoms with Gasteiger partial charge in [-0.05, 0) is 24.5 Å². The molecule has 2 nitrogen and oxygen atoms in total. The maximum Gasteiger partial charge on any atom is 0.0399 e. The van der Waals surface area contributed by atoms with E-state index in [9.17, 15) is 0 Å². The summed E-state index contributed by atoms with van der Waals surface area (Å²) in [6, 6.07) is 8.65. The molecule has 0 spiro atoms. The standard InChI is InChI=1S/C13H20N2/c1-15(2)12-7-4-3-6-11(12)13(10-14)8-5-9-13/h3-4,6-7H,5,8-10,14H2,1-2H3. The minimum atomic E-state index is 0.265. The van der Waals surface area contributed by atoms with Crippen LogP contribution in [0.2, 0.25) is 0 Å². The number of anilines is 1. The molecule has 0 heterocycles. The normalized spacial score (nSPS) is 18.3. The highest BCUT2D eigenvalue weighted by molar-refractivity contribution is 5.56. The first-order valence-corrected chi connectivity index (χ1v) is 5.66. The lowest BCUT2D eigenvalue weighted by atomic mass is 9.64. The second kappa shape index (κ2) is 3.86. The van der Waals surface area contributed by atoms with Crippen molar-refractivity contribution in [2.24, 2.45) is 5.73 Å². The van der Waals surface area contributed by atoms with E-state index in [-0.39, 0.29) is 5.41 Å². The zero-order valence-corrected chi connectivity index (χ0v) is 9.66. The Hall–Kier alpha value is -1.02. The maximum absolute atomic E-state index is 5.95. The lowest BCUT2D eigenvalue weighted by Gasteiger charge is -2.43. The number of nitrogens with zero attached hydrogens (tertiary/aromatic N) is 1. The predicted octanol–water partition coefficient (Wildman–Crippen LogP) is 2.13. The molecule has 1 aromatic carbocycles. The summed E-state index contributed by atoms with van der Waals surface area (Å²) in [6.07, 6.45) is 3.81. The van der Waals surface area contributed by atoms with Crippen molar-refractivity contribution in [3.63, 3.8) is 0 Å². The van der Waals surface area contributed by atoms with Crippen LogP contribution in [0.15, 0.2) is 24.3 Å². The number of rotatable bonds is 3. The first-order chi connectivity index (χ1) is 7.19. The predicted molar refractivity (Wildman–Crippen MR) is 65.4 cm³/mol. The molecule has 0 unspecified atom stereocenters. The number of hydrogen-bond acceptors (Lipinski definition) is 2. The van der Waals surface area contributed by atoms with E-state index < -0.39 is 0 Å². The highest BCUT2D eigenvalue weighted by Gasteiger charge is 2.38. The van der Waals surface area contributed by atoms with Crippen molar-refractivity contribution < 1.29 is 0 Å². The average molecular weight is 204 g/mol. The molecule has 0 aliphatic heterocycles. The van der Waals surface area contributed by atoms with E-state index in [1.54, 1.807) is 0 Å². The zero-order valence-electron chi connectivity index (χ0n) is 9.66. The molecular weight excluding hydrogens is 184 g/mol. The molecule has 1 fully saturated rings. The highest BCUT2D eigenvalue weighted by Crippen LogP contribution is 2.45. The molecule has 0 bridgehead atoms. The van der Waals surface area contributed by atoms with E-state index in [4.69, 9.17) is 5.73 Å². The van der Waals surface area contributed by atoms with Gasteiger partial charge in [-0.15, -0.1) is 0 Å². The summed E-state index contributed by atoms with van der Waals surface area (Å²) in [5.74, 6) is 0. The van der Waals surface area contributed by atoms with Gasteiger partial charge < -0.3 is 10.6 Å². The van der Waals surface area contributed by atoms with E-state index in [2.05, 4.69) is 43.3 Å². The summed E-state index contributed by atoms with van der Waals surface area (Å²) >= 11 is 0. The summed E-state index contributed by atoms with van der Waals surface area (Å²) in [6.45, 7) is 0.776. The third kappa shape index (κ3) is 1.63. The van der Waals surface area contributed by atoms with E-state index in [1.807, 2.05) is 0 Å². The minimum Gasteiger partial charge on any atom is -0.377 e. The van der Waals surface area contributed by atoms with Gasteiger partial charge in [0.25, 0.3) is 0 Å². The topological polar surface area (TPSA) is 29.3 Å². The van der Waals surface area contributed by atoms with Gasteiger partial charge in [-0.3, -0.25) is 0 Å². The Kier molecular flexibility index (Phi) is 2.70. The van der Waals surface area contributed by atoms with Crippen LogP contribution in [0.25, 0.3) is 0 Å². The van der Waals surface area contributed by atoms with Crippen molar-refractivity contribution in [1.29, 1.82) is 0 Å². The second-order valence-corrected chi connectivity index (χ2v) is 4.75. The monoisotopic (exact) mass is 204 g/mol. The Labute approximate surface area is 92.1 Å². The molecule has 1 aliphatic carbocycles. The summed E-state index contributed by atoms with van der Waals surface area (Å²) in [4.78, 5) is 2.19. The van der Waals surface area contributed by atoms with Crippen molar-refractivity contribution >= 4 is 5.69 Å². The van der Waals surface area contributed by atoms with Gasteiger partial charge in [0.2, 0.25) is 0 Å². The molecule has 0 amide bonds. The fourth-order valence-electron chi connectivity index (χ4n) is 2.50. The maximum atomic E-state index is 5.95. The van der Waals surface area contributed by atoms with Gasteiger partial charge in [-0.2, -0.15) is 0 Å². The second-order valence-electron chi connectivity index (χ2n) is 4.75. The molecule has 0 aromatic heterocycles. The number of para-hydroxylation sites is 1. The molecule has 1 aliphatic rings. The van der Waals surface area contributed by atoms with Gasteiger partial charge in [-0.1, -0.05) is 24.6 Å². The fourth-order valence-corrected chi connectivity index (χ4v) is 2.50. The lowest BCUT2D eigenvalue weighted by Crippen LogP contribution is -2.42. The van der Waals surface area contributed by atoms with Gasteiger partial charge in [0, 0.05) is 31.7 Å². The lowest BCUT2D eigenvalue weighted by molar-refractivity contribution is 0.253. The minimum absolute atomic E-state index is 0.265. The van der Waals surface area contributed by atoms with Crippen LogP contribution in [0.5, 0.6) is 0 Å². The van der Waals surface area contributed by atoms with Gasteiger partial charge in [0.05, 0.1) is 0 Å². The van der Waals surface area contributed by atoms with Crippen LogP contribution in [-0.2, 0) is 5.41 Å². The zero-order chi connectivity index (χ0) is 10.9. The van der Waals surface area contributed by atoms with E-state index in [0.29, 0.717) is 0 Å². The Morgan fingerprint density at radius 2 is 1.93 bits per heavy atom. The molecule has 0 radical (unpaired) electrons. The van der Waals surface area contributed by atoms with Crippen molar-refractivity contribution in [2.75, 3.05) is 25.5 Å². The van der Waals surface area contributed by atoms with E-state index >= 15 is 0 Å². The van der Waals surface area contributed by atoms with Crippen LogP contribution in [-0.4, -0.2) is 20.6 Å². The Bertz CT molecular complexity index is 335. The van der Waals surface area contributed by atoms with Crippen LogP contribution in [0.3, 0.4) is 0 Å².